The number of rotatable bonds is 12. The second-order valence-corrected chi connectivity index (χ2v) is 23.1. The summed E-state index contributed by atoms with van der Waals surface area (Å²) in [5.41, 5.74) is 7.05. The molecule has 12 nitrogen and oxygen atoms in total. The molecule has 0 saturated carbocycles. The molecule has 65 heavy (non-hydrogen) atoms. The van der Waals surface area contributed by atoms with Gasteiger partial charge in [-0.3, -0.25) is 28.9 Å². The maximum absolute atomic E-state index is 15.9. The van der Waals surface area contributed by atoms with E-state index in [1.54, 1.807) is 21.6 Å². The number of aliphatic hydroxyl groups excluding tert-OH is 1. The van der Waals surface area contributed by atoms with Crippen LogP contribution < -0.4 is 24.6 Å². The second kappa shape index (κ2) is 16.9. The number of nitrogens with zero attached hydrogens (tertiary/aromatic N) is 6. The molecule has 1 spiro atoms. The molecule has 1 saturated heterocycles. The monoisotopic (exact) mass is 886 g/mol. The Bertz CT molecular complexity index is 2810. The van der Waals surface area contributed by atoms with Crippen LogP contribution >= 0.6 is 0 Å². The van der Waals surface area contributed by atoms with Crippen LogP contribution in [0.3, 0.4) is 0 Å². The molecule has 6 aromatic rings. The third kappa shape index (κ3) is 7.26. The number of benzene rings is 5. The predicted octanol–water partition coefficient (Wildman–Crippen LogP) is 7.90. The van der Waals surface area contributed by atoms with E-state index in [2.05, 4.69) is 54.6 Å². The summed E-state index contributed by atoms with van der Waals surface area (Å²) in [4.78, 5) is 48.9. The van der Waals surface area contributed by atoms with Crippen molar-refractivity contribution in [2.24, 2.45) is 5.92 Å². The van der Waals surface area contributed by atoms with Gasteiger partial charge in [0.15, 0.2) is 5.60 Å². The first-order valence-corrected chi connectivity index (χ1v) is 25.8. The van der Waals surface area contributed by atoms with Crippen LogP contribution in [-0.2, 0) is 57.1 Å². The Morgan fingerprint density at radius 2 is 1.45 bits per heavy atom. The van der Waals surface area contributed by atoms with Crippen molar-refractivity contribution in [2.45, 2.75) is 88.9 Å². The maximum atomic E-state index is 15.9. The second-order valence-electron chi connectivity index (χ2n) is 18.4. The number of aliphatic hydroxyl groups is 1. The molecular weight excluding hydrogens is 833 g/mol. The van der Waals surface area contributed by atoms with Gasteiger partial charge < -0.3 is 19.5 Å². The van der Waals surface area contributed by atoms with Gasteiger partial charge in [-0.1, -0.05) is 91.1 Å². The Balaban J connectivity index is 1.09. The molecule has 4 aliphatic heterocycles. The van der Waals surface area contributed by atoms with Gasteiger partial charge in [-0.05, 0) is 96.1 Å². The first-order valence-electron chi connectivity index (χ1n) is 22.7. The highest BCUT2D eigenvalue weighted by molar-refractivity contribution is 6.91. The Kier molecular flexibility index (Phi) is 11.0. The maximum Gasteiger partial charge on any atom is 0.264 e. The molecule has 13 heteroatoms. The van der Waals surface area contributed by atoms with Crippen LogP contribution in [-0.4, -0.2) is 65.7 Å². The van der Waals surface area contributed by atoms with E-state index in [-0.39, 0.29) is 48.4 Å². The van der Waals surface area contributed by atoms with E-state index in [1.165, 1.54) is 5.19 Å². The molecule has 5 heterocycles. The molecule has 0 radical (unpaired) electrons. The van der Waals surface area contributed by atoms with Crippen LogP contribution in [0.1, 0.15) is 54.1 Å². The number of anilines is 5. The molecule has 0 unspecified atom stereocenters. The summed E-state index contributed by atoms with van der Waals surface area (Å²) in [6, 6.07) is 38.3. The first kappa shape index (κ1) is 42.5. The zero-order chi connectivity index (χ0) is 45.0. The van der Waals surface area contributed by atoms with Crippen molar-refractivity contribution in [1.29, 1.82) is 0 Å². The average Bonchev–Trinajstić information content (AvgIpc) is 3.97. The summed E-state index contributed by atoms with van der Waals surface area (Å²) in [5, 5.41) is 19.5. The number of ether oxygens (including phenoxy) is 2. The summed E-state index contributed by atoms with van der Waals surface area (Å²) in [5.74, 6) is 0.379. The molecule has 3 amide bonds. The van der Waals surface area contributed by atoms with Crippen molar-refractivity contribution >= 4 is 59.4 Å². The molecular formula is C52H54N6O6Si. The normalized spacial score (nSPS) is 21.5. The lowest BCUT2D eigenvalue weighted by molar-refractivity contribution is -0.146. The topological polar surface area (TPSA) is 130 Å². The van der Waals surface area contributed by atoms with Gasteiger partial charge in [0, 0.05) is 61.5 Å². The largest absolute Gasteiger partial charge is 0.497 e. The van der Waals surface area contributed by atoms with Gasteiger partial charge in [0.2, 0.25) is 11.8 Å². The van der Waals surface area contributed by atoms with Crippen molar-refractivity contribution < 1.29 is 29.0 Å². The lowest BCUT2D eigenvalue weighted by Gasteiger charge is -2.37. The quantitative estimate of drug-likeness (QED) is 0.123. The predicted molar refractivity (Wildman–Crippen MR) is 253 cm³/mol. The van der Waals surface area contributed by atoms with Crippen LogP contribution in [0.5, 0.6) is 5.75 Å². The van der Waals surface area contributed by atoms with Crippen LogP contribution in [0.25, 0.3) is 0 Å². The van der Waals surface area contributed by atoms with Crippen molar-refractivity contribution in [3.05, 3.63) is 149 Å². The minimum atomic E-state index is -2.49. The summed E-state index contributed by atoms with van der Waals surface area (Å²) in [6.07, 6.45) is 4.66. The molecule has 4 atom stereocenters. The SMILES string of the molecule is COc1ccc([Si](C)(C)[C@@H]2[C@@H](CCn3cc(CCO)nn3)O[C@]3(C(=O)N(Cc4cccc(N5C(=O)CCc6ccccc65)c4)c4ccc(N5C(=O)CCc6ccccc65)cc43)[C@H]2C)cc1. The van der Waals surface area contributed by atoms with E-state index in [1.807, 2.05) is 102 Å². The Labute approximate surface area is 380 Å². The summed E-state index contributed by atoms with van der Waals surface area (Å²) >= 11 is 0. The van der Waals surface area contributed by atoms with Crippen molar-refractivity contribution in [2.75, 3.05) is 28.4 Å². The van der Waals surface area contributed by atoms with E-state index in [0.717, 1.165) is 50.8 Å². The van der Waals surface area contributed by atoms with Crippen LogP contribution in [0.2, 0.25) is 18.6 Å². The summed E-state index contributed by atoms with van der Waals surface area (Å²) in [6.45, 7) is 7.64. The number of para-hydroxylation sites is 2. The lowest BCUT2D eigenvalue weighted by Crippen LogP contribution is -2.51. The fraction of sp³-hybridized carbons (Fsp3) is 0.327. The lowest BCUT2D eigenvalue weighted by atomic mass is 9.82. The highest BCUT2D eigenvalue weighted by atomic mass is 28.3. The van der Waals surface area contributed by atoms with Gasteiger partial charge in [-0.25, -0.2) is 0 Å². The molecule has 10 rings (SSSR count). The Morgan fingerprint density at radius 1 is 0.785 bits per heavy atom. The number of amides is 3. The molecule has 5 aromatic carbocycles. The number of hydrogen-bond donors (Lipinski definition) is 1. The fourth-order valence-electron chi connectivity index (χ4n) is 11.2. The van der Waals surface area contributed by atoms with Crippen molar-refractivity contribution in [3.8, 4) is 5.75 Å². The van der Waals surface area contributed by atoms with Crippen LogP contribution in [0.15, 0.2) is 121 Å². The number of aromatic nitrogens is 3. The summed E-state index contributed by atoms with van der Waals surface area (Å²) < 4.78 is 14.9. The van der Waals surface area contributed by atoms with Gasteiger partial charge in [-0.2, -0.15) is 0 Å². The number of fused-ring (bicyclic) bond motifs is 4. The highest BCUT2D eigenvalue weighted by Gasteiger charge is 2.66. The van der Waals surface area contributed by atoms with Gasteiger partial charge in [0.1, 0.15) is 5.75 Å². The number of aryl methyl sites for hydroxylation is 3. The highest BCUT2D eigenvalue weighted by Crippen LogP contribution is 2.61. The van der Waals surface area contributed by atoms with Gasteiger partial charge in [-0.15, -0.1) is 5.10 Å². The third-order valence-electron chi connectivity index (χ3n) is 14.4. The molecule has 0 aliphatic carbocycles. The molecule has 4 aliphatic rings. The molecule has 0 bridgehead atoms. The molecule has 1 fully saturated rings. The average molecular weight is 887 g/mol. The third-order valence-corrected chi connectivity index (χ3v) is 18.7. The Morgan fingerprint density at radius 3 is 2.11 bits per heavy atom. The molecule has 332 valence electrons. The van der Waals surface area contributed by atoms with E-state index in [0.29, 0.717) is 56.5 Å². The minimum absolute atomic E-state index is 0.00196. The van der Waals surface area contributed by atoms with Crippen molar-refractivity contribution in [1.82, 2.24) is 15.0 Å². The van der Waals surface area contributed by atoms with E-state index in [9.17, 15) is 14.7 Å². The fourth-order valence-corrected chi connectivity index (χ4v) is 15.3. The number of carbonyl (C=O) groups excluding carboxylic acids is 3. The van der Waals surface area contributed by atoms with Gasteiger partial charge >= 0.3 is 0 Å². The summed E-state index contributed by atoms with van der Waals surface area (Å²) in [7, 11) is -0.824. The van der Waals surface area contributed by atoms with Gasteiger partial charge in [0.05, 0.1) is 50.6 Å². The van der Waals surface area contributed by atoms with E-state index >= 15 is 4.79 Å². The number of carbonyl (C=O) groups is 3. The van der Waals surface area contributed by atoms with E-state index in [4.69, 9.17) is 9.47 Å². The Hall–Kier alpha value is -6.41. The minimum Gasteiger partial charge on any atom is -0.497 e. The smallest absolute Gasteiger partial charge is 0.264 e. The first-order chi connectivity index (χ1) is 31.5. The van der Waals surface area contributed by atoms with Gasteiger partial charge in [0.25, 0.3) is 5.91 Å². The number of methoxy groups -OCH3 is 1. The van der Waals surface area contributed by atoms with Crippen LogP contribution in [0.4, 0.5) is 28.4 Å². The zero-order valence-corrected chi connectivity index (χ0v) is 38.3. The van der Waals surface area contributed by atoms with E-state index < -0.39 is 13.7 Å². The molecule has 1 aromatic heterocycles. The standard InChI is InChI=1S/C52H54N6O6Si/c1-34-50(65(3,4)42-21-19-41(63-2)20-22-42)47(26-28-55-33-38(27-29-59)53-54-55)64-52(34)43-31-40(58-45-15-8-6-12-37(45)17-25-49(58)61)18-23-46(43)56(51(52)62)32-35-10-9-13-39(30-35)57-44-14-7-5-11-36(44)16-24-48(57)60/h5-15,18-23,30-31,33-34,47,50,59H,16-17,24-29,32H2,1-4H3/t34-,47+,50-,52+/m0/s1. The van der Waals surface area contributed by atoms with Crippen LogP contribution in [0, 0.1) is 5.92 Å². The molecule has 1 N–H and O–H groups in total. The number of hydrogen-bond acceptors (Lipinski definition) is 8. The van der Waals surface area contributed by atoms with Crippen molar-refractivity contribution in [3.63, 3.8) is 0 Å². The zero-order valence-electron chi connectivity index (χ0n) is 37.3.